The predicted octanol–water partition coefficient (Wildman–Crippen LogP) is 0.734. The van der Waals surface area contributed by atoms with Gasteiger partial charge in [-0.25, -0.2) is 0 Å². The molecule has 2 aromatic rings. The van der Waals surface area contributed by atoms with Gasteiger partial charge in [-0.15, -0.1) is 7.94 Å². The fourth-order valence-electron chi connectivity index (χ4n) is 2.45. The Labute approximate surface area is 141 Å². The first kappa shape index (κ1) is 19.0. The Bertz CT molecular complexity index is 753. The first-order valence-corrected chi connectivity index (χ1v) is 10.4. The van der Waals surface area contributed by atoms with E-state index in [1.807, 2.05) is 54.6 Å². The molecule has 6 nitrogen and oxygen atoms in total. The lowest BCUT2D eigenvalue weighted by molar-refractivity contribution is -0.428. The van der Waals surface area contributed by atoms with Crippen molar-refractivity contribution in [1.82, 2.24) is 0 Å². The smallest absolute Gasteiger partial charge is 0.301 e. The van der Waals surface area contributed by atoms with Crippen molar-refractivity contribution in [3.63, 3.8) is 0 Å². The fraction of sp³-hybridized carbons (Fsp3) is 0.250. The second kappa shape index (κ2) is 7.70. The molecule has 2 rings (SSSR count). The van der Waals surface area contributed by atoms with Crippen LogP contribution in [0, 0.1) is 0 Å². The van der Waals surface area contributed by atoms with Crippen molar-refractivity contribution in [2.45, 2.75) is 24.3 Å². The molecule has 1 unspecified atom stereocenters. The Morgan fingerprint density at radius 2 is 1.46 bits per heavy atom. The molecule has 0 spiro atoms. The van der Waals surface area contributed by atoms with Gasteiger partial charge < -0.3 is 14.7 Å². The van der Waals surface area contributed by atoms with E-state index in [0.717, 1.165) is 16.7 Å². The number of benzene rings is 2. The molecule has 130 valence electrons. The largest absolute Gasteiger partial charge is 0.687 e. The maximum atomic E-state index is 11.0. The van der Waals surface area contributed by atoms with Crippen LogP contribution in [-0.2, 0) is 16.5 Å². The monoisotopic (exact) mass is 368 g/mol. The molecular weight excluding hydrogens is 351 g/mol. The van der Waals surface area contributed by atoms with Crippen molar-refractivity contribution in [1.29, 1.82) is 0 Å². The van der Waals surface area contributed by atoms with Gasteiger partial charge in [-0.1, -0.05) is 54.6 Å². The summed E-state index contributed by atoms with van der Waals surface area (Å²) in [6, 6.07) is 17.3. The summed E-state index contributed by atoms with van der Waals surface area (Å²) < 4.78 is 30.9. The predicted molar refractivity (Wildman–Crippen MR) is 87.1 cm³/mol. The molecule has 0 aromatic heterocycles. The molecule has 24 heavy (non-hydrogen) atoms. The van der Waals surface area contributed by atoms with Gasteiger partial charge in [0.2, 0.25) is 0 Å². The van der Waals surface area contributed by atoms with E-state index in [-0.39, 0.29) is 6.42 Å². The van der Waals surface area contributed by atoms with Crippen LogP contribution in [0.15, 0.2) is 54.6 Å². The Morgan fingerprint density at radius 3 is 1.96 bits per heavy atom. The molecule has 0 radical (unpaired) electrons. The van der Waals surface area contributed by atoms with Crippen molar-refractivity contribution >= 4 is 18.1 Å². The lowest BCUT2D eigenvalue weighted by Crippen LogP contribution is -2.44. The van der Waals surface area contributed by atoms with E-state index in [0.29, 0.717) is 6.42 Å². The average molecular weight is 368 g/mol. The summed E-state index contributed by atoms with van der Waals surface area (Å²) in [6.45, 7) is 0. The normalized spacial score (nSPS) is 13.7. The second-order valence-electron chi connectivity index (χ2n) is 5.46. The van der Waals surface area contributed by atoms with Gasteiger partial charge >= 0.3 is 10.1 Å². The fourth-order valence-corrected chi connectivity index (χ4v) is 4.71. The minimum absolute atomic E-state index is 0.156. The molecule has 0 bridgehead atoms. The van der Waals surface area contributed by atoms with Crippen LogP contribution in [-0.4, -0.2) is 18.0 Å². The van der Waals surface area contributed by atoms with E-state index in [4.69, 9.17) is 4.55 Å². The third kappa shape index (κ3) is 5.34. The highest BCUT2D eigenvalue weighted by atomic mass is 32.2. The second-order valence-corrected chi connectivity index (χ2v) is 9.12. The summed E-state index contributed by atoms with van der Waals surface area (Å²) >= 11 is 0. The van der Waals surface area contributed by atoms with Crippen LogP contribution in [0.5, 0.6) is 0 Å². The third-order valence-corrected chi connectivity index (χ3v) is 7.13. The number of aryl methyl sites for hydroxylation is 1. The minimum Gasteiger partial charge on any atom is -0.687 e. The minimum atomic E-state index is -5.40. The molecule has 0 aliphatic carbocycles. The van der Waals surface area contributed by atoms with Gasteiger partial charge in [0.05, 0.1) is 0 Å². The van der Waals surface area contributed by atoms with Gasteiger partial charge in [-0.3, -0.25) is 4.55 Å². The zero-order valence-electron chi connectivity index (χ0n) is 12.7. The quantitative estimate of drug-likeness (QED) is 0.568. The van der Waals surface area contributed by atoms with E-state index >= 15 is 0 Å². The number of hydrogen-bond donors (Lipinski definition) is 1. The van der Waals surface area contributed by atoms with Crippen LogP contribution in [0.25, 0.3) is 11.1 Å². The Morgan fingerprint density at radius 1 is 0.917 bits per heavy atom. The van der Waals surface area contributed by atoms with Crippen LogP contribution in [0.1, 0.15) is 18.4 Å². The maximum Gasteiger partial charge on any atom is 0.301 e. The summed E-state index contributed by atoms with van der Waals surface area (Å²) in [4.78, 5) is 30.6. The van der Waals surface area contributed by atoms with Crippen molar-refractivity contribution in [2.24, 2.45) is 0 Å². The summed E-state index contributed by atoms with van der Waals surface area (Å²) in [7, 11) is -10.3. The molecule has 0 aliphatic heterocycles. The molecular formula is C16H17O6PS-2. The van der Waals surface area contributed by atoms with Gasteiger partial charge in [0.1, 0.15) is 0 Å². The molecule has 1 N–H and O–H groups in total. The van der Waals surface area contributed by atoms with Crippen LogP contribution in [0.3, 0.4) is 0 Å². The zero-order chi connectivity index (χ0) is 17.8. The van der Waals surface area contributed by atoms with Gasteiger partial charge in [-0.2, -0.15) is 8.42 Å². The van der Waals surface area contributed by atoms with Crippen molar-refractivity contribution in [3.8, 4) is 11.1 Å². The molecule has 0 aliphatic rings. The molecule has 8 heteroatoms. The Kier molecular flexibility index (Phi) is 6.09. The Balaban J connectivity index is 1.98. The molecule has 0 amide bonds. The van der Waals surface area contributed by atoms with Crippen molar-refractivity contribution < 1.29 is 27.7 Å². The molecule has 0 heterocycles. The number of rotatable bonds is 7. The van der Waals surface area contributed by atoms with Gasteiger partial charge in [0.25, 0.3) is 0 Å². The van der Waals surface area contributed by atoms with Gasteiger partial charge in [-0.05, 0) is 29.5 Å². The van der Waals surface area contributed by atoms with E-state index in [1.54, 1.807) is 0 Å². The number of hydrogen-bond acceptors (Lipinski definition) is 5. The van der Waals surface area contributed by atoms with Crippen LogP contribution in [0.2, 0.25) is 0 Å². The van der Waals surface area contributed by atoms with Gasteiger partial charge in [0, 0.05) is 6.42 Å². The maximum absolute atomic E-state index is 11.0. The highest BCUT2D eigenvalue weighted by Gasteiger charge is 2.30. The first-order valence-electron chi connectivity index (χ1n) is 7.30. The standard InChI is InChI=1S/C16H19O6PS/c17-23(18,19)16(24(20,21)22)8-4-5-13-9-11-15(12-10-13)14-6-2-1-3-7-14/h1-3,6-7,9-12,16H,4-5,8H2,(H2,17,18,19)(H,20,21,22)/p-2. The van der Waals surface area contributed by atoms with E-state index < -0.39 is 29.5 Å². The van der Waals surface area contributed by atoms with Gasteiger partial charge in [0.15, 0.2) is 4.99 Å². The SMILES string of the molecule is O=S(=O)(O)C(CCCc1ccc(-c2ccccc2)cc1)[P+]([O-])([O-])[O-]. The summed E-state index contributed by atoms with van der Waals surface area (Å²) in [6.07, 6.45) is 0.133. The van der Waals surface area contributed by atoms with Crippen LogP contribution in [0.4, 0.5) is 0 Å². The highest BCUT2D eigenvalue weighted by Crippen LogP contribution is 2.41. The molecule has 0 saturated carbocycles. The molecule has 0 fully saturated rings. The first-order chi connectivity index (χ1) is 11.2. The van der Waals surface area contributed by atoms with E-state index in [1.165, 1.54) is 0 Å². The summed E-state index contributed by atoms with van der Waals surface area (Å²) in [5.74, 6) is 0. The summed E-state index contributed by atoms with van der Waals surface area (Å²) in [5, 5.41) is 0. The van der Waals surface area contributed by atoms with Crippen LogP contribution < -0.4 is 14.7 Å². The molecule has 1 atom stereocenters. The van der Waals surface area contributed by atoms with Crippen molar-refractivity contribution in [2.75, 3.05) is 0 Å². The lowest BCUT2D eigenvalue weighted by atomic mass is 10.0. The highest BCUT2D eigenvalue weighted by molar-refractivity contribution is 7.94. The average Bonchev–Trinajstić information content (AvgIpc) is 2.50. The van der Waals surface area contributed by atoms with E-state index in [9.17, 15) is 23.1 Å². The molecule has 0 saturated heterocycles. The van der Waals surface area contributed by atoms with E-state index in [2.05, 4.69) is 0 Å². The summed E-state index contributed by atoms with van der Waals surface area (Å²) in [5.41, 5.74) is 2.98. The Hall–Kier alpha value is -1.34. The lowest BCUT2D eigenvalue weighted by Gasteiger charge is -2.46. The van der Waals surface area contributed by atoms with Crippen molar-refractivity contribution in [3.05, 3.63) is 60.2 Å². The third-order valence-electron chi connectivity index (χ3n) is 3.67. The molecule has 2 aromatic carbocycles. The topological polar surface area (TPSA) is 124 Å². The zero-order valence-corrected chi connectivity index (χ0v) is 14.4. The van der Waals surface area contributed by atoms with Crippen LogP contribution >= 0.6 is 7.94 Å².